The lowest BCUT2D eigenvalue weighted by atomic mass is 9.87. The van der Waals surface area contributed by atoms with Crippen LogP contribution in [-0.4, -0.2) is 25.7 Å². The quantitative estimate of drug-likeness (QED) is 0.858. The average molecular weight is 275 g/mol. The molecule has 1 aliphatic heterocycles. The molecule has 20 heavy (non-hydrogen) atoms. The van der Waals surface area contributed by atoms with Gasteiger partial charge in [0.25, 0.3) is 0 Å². The summed E-state index contributed by atoms with van der Waals surface area (Å²) in [6.07, 6.45) is 1.79. The van der Waals surface area contributed by atoms with E-state index >= 15 is 0 Å². The van der Waals surface area contributed by atoms with E-state index in [1.165, 1.54) is 5.56 Å². The van der Waals surface area contributed by atoms with Gasteiger partial charge in [-0.1, -0.05) is 0 Å². The Bertz CT molecular complexity index is 528. The molecule has 0 saturated heterocycles. The maximum absolute atomic E-state index is 12.0. The Morgan fingerprint density at radius 1 is 1.50 bits per heavy atom. The first kappa shape index (κ1) is 13.3. The fourth-order valence-corrected chi connectivity index (χ4v) is 3.27. The van der Waals surface area contributed by atoms with Crippen LogP contribution in [0.1, 0.15) is 32.3 Å². The van der Waals surface area contributed by atoms with E-state index in [0.29, 0.717) is 13.2 Å². The summed E-state index contributed by atoms with van der Waals surface area (Å²) in [5.41, 5.74) is 2.21. The zero-order valence-electron chi connectivity index (χ0n) is 12.1. The lowest BCUT2D eigenvalue weighted by molar-refractivity contribution is -0.145. The molecule has 2 atom stereocenters. The summed E-state index contributed by atoms with van der Waals surface area (Å²) >= 11 is 0. The van der Waals surface area contributed by atoms with Gasteiger partial charge in [-0.05, 0) is 44.9 Å². The topological polar surface area (TPSA) is 47.6 Å². The van der Waals surface area contributed by atoms with Gasteiger partial charge in [-0.3, -0.25) is 4.79 Å². The molecule has 0 radical (unpaired) electrons. The molecule has 1 heterocycles. The molecular weight excluding hydrogens is 254 g/mol. The third-order valence-electron chi connectivity index (χ3n) is 4.35. The van der Waals surface area contributed by atoms with Crippen molar-refractivity contribution in [2.75, 3.05) is 25.1 Å². The van der Waals surface area contributed by atoms with Gasteiger partial charge in [-0.15, -0.1) is 0 Å². The molecule has 1 aromatic carbocycles. The van der Waals surface area contributed by atoms with E-state index in [1.807, 2.05) is 19.1 Å². The highest BCUT2D eigenvalue weighted by atomic mass is 16.5. The van der Waals surface area contributed by atoms with Crippen molar-refractivity contribution >= 4 is 11.7 Å². The van der Waals surface area contributed by atoms with E-state index in [2.05, 4.69) is 18.3 Å². The van der Waals surface area contributed by atoms with Crippen LogP contribution in [0.4, 0.5) is 5.69 Å². The number of benzene rings is 1. The minimum Gasteiger partial charge on any atom is -0.493 e. The van der Waals surface area contributed by atoms with Gasteiger partial charge in [-0.25, -0.2) is 0 Å². The number of nitrogens with one attached hydrogen (secondary N) is 1. The van der Waals surface area contributed by atoms with Gasteiger partial charge in [0.15, 0.2) is 0 Å². The van der Waals surface area contributed by atoms with Gasteiger partial charge in [0, 0.05) is 23.2 Å². The molecule has 4 heteroatoms. The molecule has 1 spiro atoms. The fraction of sp³-hybridized carbons (Fsp3) is 0.562. The van der Waals surface area contributed by atoms with Gasteiger partial charge in [0.2, 0.25) is 0 Å². The molecular formula is C16H21NO3. The Balaban J connectivity index is 1.90. The first-order valence-corrected chi connectivity index (χ1v) is 7.39. The van der Waals surface area contributed by atoms with E-state index in [4.69, 9.17) is 9.47 Å². The Hall–Kier alpha value is -1.71. The van der Waals surface area contributed by atoms with Crippen molar-refractivity contribution < 1.29 is 14.3 Å². The second-order valence-corrected chi connectivity index (χ2v) is 5.50. The molecule has 1 N–H and O–H groups in total. The van der Waals surface area contributed by atoms with Crippen LogP contribution >= 0.6 is 0 Å². The average Bonchev–Trinajstić information content (AvgIpc) is 3.16. The van der Waals surface area contributed by atoms with Crippen LogP contribution < -0.4 is 10.1 Å². The van der Waals surface area contributed by atoms with Crippen LogP contribution in [-0.2, 0) is 14.9 Å². The van der Waals surface area contributed by atoms with Crippen molar-refractivity contribution in [1.82, 2.24) is 0 Å². The molecule has 2 aliphatic rings. The van der Waals surface area contributed by atoms with E-state index in [1.54, 1.807) is 0 Å². The lowest BCUT2D eigenvalue weighted by Gasteiger charge is -2.27. The highest BCUT2D eigenvalue weighted by Gasteiger charge is 2.62. The van der Waals surface area contributed by atoms with Crippen molar-refractivity contribution in [2.24, 2.45) is 5.92 Å². The van der Waals surface area contributed by atoms with Crippen LogP contribution in [0.3, 0.4) is 0 Å². The van der Waals surface area contributed by atoms with Crippen molar-refractivity contribution in [3.63, 3.8) is 0 Å². The Kier molecular flexibility index (Phi) is 3.32. The lowest BCUT2D eigenvalue weighted by Crippen LogP contribution is -2.25. The molecule has 0 bridgehead atoms. The number of ether oxygens (including phenoxy) is 2. The largest absolute Gasteiger partial charge is 0.493 e. The molecule has 1 aliphatic carbocycles. The normalized spacial score (nSPS) is 26.6. The van der Waals surface area contributed by atoms with Gasteiger partial charge in [0.1, 0.15) is 5.75 Å². The predicted octanol–water partition coefficient (Wildman–Crippen LogP) is 2.72. The molecule has 4 nitrogen and oxygen atoms in total. The molecule has 2 unspecified atom stereocenters. The summed E-state index contributed by atoms with van der Waals surface area (Å²) in [5, 5.41) is 3.32. The molecule has 0 aromatic heterocycles. The third kappa shape index (κ3) is 2.03. The fourth-order valence-electron chi connectivity index (χ4n) is 3.27. The SMILES string of the molecule is CCNc1ccc2c(c1)C1(CCO2)CC1C(=O)OCC. The summed E-state index contributed by atoms with van der Waals surface area (Å²) in [7, 11) is 0. The monoisotopic (exact) mass is 275 g/mol. The first-order chi connectivity index (χ1) is 9.71. The Morgan fingerprint density at radius 2 is 2.35 bits per heavy atom. The Labute approximate surface area is 119 Å². The first-order valence-electron chi connectivity index (χ1n) is 7.39. The number of anilines is 1. The molecule has 1 fully saturated rings. The van der Waals surface area contributed by atoms with Crippen molar-refractivity contribution in [1.29, 1.82) is 0 Å². The van der Waals surface area contributed by atoms with E-state index in [0.717, 1.165) is 30.8 Å². The van der Waals surface area contributed by atoms with Crippen molar-refractivity contribution in [3.05, 3.63) is 23.8 Å². The van der Waals surface area contributed by atoms with Crippen LogP contribution in [0.2, 0.25) is 0 Å². The van der Waals surface area contributed by atoms with Crippen molar-refractivity contribution in [2.45, 2.75) is 32.1 Å². The number of rotatable bonds is 4. The van der Waals surface area contributed by atoms with Gasteiger partial charge in [0.05, 0.1) is 19.1 Å². The molecule has 1 saturated carbocycles. The van der Waals surface area contributed by atoms with Crippen LogP contribution in [0, 0.1) is 5.92 Å². The highest BCUT2D eigenvalue weighted by molar-refractivity contribution is 5.80. The third-order valence-corrected chi connectivity index (χ3v) is 4.35. The maximum Gasteiger partial charge on any atom is 0.309 e. The zero-order chi connectivity index (χ0) is 14.2. The molecule has 1 aromatic rings. The summed E-state index contributed by atoms with van der Waals surface area (Å²) in [6.45, 7) is 5.95. The van der Waals surface area contributed by atoms with Gasteiger partial charge in [-0.2, -0.15) is 0 Å². The van der Waals surface area contributed by atoms with E-state index in [-0.39, 0.29) is 17.3 Å². The van der Waals surface area contributed by atoms with Crippen LogP contribution in [0.25, 0.3) is 0 Å². The minimum atomic E-state index is -0.0609. The smallest absolute Gasteiger partial charge is 0.309 e. The number of hydrogen-bond acceptors (Lipinski definition) is 4. The van der Waals surface area contributed by atoms with Gasteiger partial charge >= 0.3 is 5.97 Å². The number of hydrogen-bond donors (Lipinski definition) is 1. The molecule has 0 amide bonds. The standard InChI is InChI=1S/C16H21NO3/c1-3-17-11-5-6-14-12(9-11)16(7-8-20-14)10-13(16)15(18)19-4-2/h5-6,9,13,17H,3-4,7-8,10H2,1-2H3. The number of esters is 1. The highest BCUT2D eigenvalue weighted by Crippen LogP contribution is 2.61. The summed E-state index contributed by atoms with van der Waals surface area (Å²) in [5.74, 6) is 0.862. The second kappa shape index (κ2) is 5.00. The van der Waals surface area contributed by atoms with Crippen LogP contribution in [0.5, 0.6) is 5.75 Å². The van der Waals surface area contributed by atoms with Gasteiger partial charge < -0.3 is 14.8 Å². The van der Waals surface area contributed by atoms with E-state index in [9.17, 15) is 4.79 Å². The van der Waals surface area contributed by atoms with Crippen LogP contribution in [0.15, 0.2) is 18.2 Å². The number of fused-ring (bicyclic) bond motifs is 2. The second-order valence-electron chi connectivity index (χ2n) is 5.50. The van der Waals surface area contributed by atoms with E-state index < -0.39 is 0 Å². The molecule has 108 valence electrons. The summed E-state index contributed by atoms with van der Waals surface area (Å²) in [6, 6.07) is 6.18. The Morgan fingerprint density at radius 3 is 3.10 bits per heavy atom. The maximum atomic E-state index is 12.0. The molecule has 3 rings (SSSR count). The zero-order valence-corrected chi connectivity index (χ0v) is 12.1. The predicted molar refractivity (Wildman–Crippen MR) is 77.1 cm³/mol. The number of carbonyl (C=O) groups excluding carboxylic acids is 1. The summed E-state index contributed by atoms with van der Waals surface area (Å²) < 4.78 is 10.9. The summed E-state index contributed by atoms with van der Waals surface area (Å²) in [4.78, 5) is 12.0. The minimum absolute atomic E-state index is 0.00183. The number of carbonyl (C=O) groups is 1. The van der Waals surface area contributed by atoms with Crippen molar-refractivity contribution in [3.8, 4) is 5.75 Å².